The lowest BCUT2D eigenvalue weighted by Crippen LogP contribution is -2.41. The highest BCUT2D eigenvalue weighted by Gasteiger charge is 2.36. The zero-order valence-corrected chi connectivity index (χ0v) is 21.4. The number of nitrogens with one attached hydrogen (secondary N) is 1. The summed E-state index contributed by atoms with van der Waals surface area (Å²) in [6, 6.07) is 8.54. The lowest BCUT2D eigenvalue weighted by molar-refractivity contribution is -0.120. The summed E-state index contributed by atoms with van der Waals surface area (Å²) in [5, 5.41) is 6.67. The molecule has 37 heavy (non-hydrogen) atoms. The molecule has 196 valence electrons. The molecule has 1 aliphatic heterocycles. The third-order valence-electron chi connectivity index (χ3n) is 6.25. The van der Waals surface area contributed by atoms with Gasteiger partial charge in [-0.25, -0.2) is 17.2 Å². The molecule has 1 fully saturated rings. The fourth-order valence-electron chi connectivity index (χ4n) is 4.24. The summed E-state index contributed by atoms with van der Waals surface area (Å²) in [4.78, 5) is 12.8. The summed E-state index contributed by atoms with van der Waals surface area (Å²) in [5.74, 6) is -1.60. The standard InChI is InChI=1S/C26H27F2N3O5S/c1-16-4-8-23(35-3)22(14-16)29-26(32)19-10-12-31(13-11-19)37(33,34)25-17(2)30-36-24(25)9-6-18-5-7-20(27)15-21(18)28/h4-9,14-15,19H,10-13H2,1-3H3,(H,29,32). The van der Waals surface area contributed by atoms with Crippen molar-refractivity contribution in [3.63, 3.8) is 0 Å². The van der Waals surface area contributed by atoms with Crippen LogP contribution in [0.3, 0.4) is 0 Å². The first kappa shape index (κ1) is 26.5. The smallest absolute Gasteiger partial charge is 0.248 e. The van der Waals surface area contributed by atoms with Crippen LogP contribution in [0.1, 0.15) is 35.4 Å². The monoisotopic (exact) mass is 531 g/mol. The fourth-order valence-corrected chi connectivity index (χ4v) is 5.96. The molecule has 3 aromatic rings. The van der Waals surface area contributed by atoms with Crippen molar-refractivity contribution in [2.45, 2.75) is 31.6 Å². The maximum atomic E-state index is 14.0. The molecule has 2 heterocycles. The molecule has 0 unspecified atom stereocenters. The van der Waals surface area contributed by atoms with E-state index in [1.165, 1.54) is 36.6 Å². The third kappa shape index (κ3) is 5.72. The number of benzene rings is 2. The second-order valence-electron chi connectivity index (χ2n) is 8.83. The van der Waals surface area contributed by atoms with Gasteiger partial charge in [0.25, 0.3) is 0 Å². The van der Waals surface area contributed by atoms with Gasteiger partial charge < -0.3 is 14.6 Å². The third-order valence-corrected chi connectivity index (χ3v) is 8.30. The van der Waals surface area contributed by atoms with Crippen LogP contribution in [0.2, 0.25) is 0 Å². The summed E-state index contributed by atoms with van der Waals surface area (Å²) >= 11 is 0. The van der Waals surface area contributed by atoms with E-state index in [4.69, 9.17) is 9.26 Å². The molecule has 0 spiro atoms. The van der Waals surface area contributed by atoms with E-state index in [-0.39, 0.29) is 46.8 Å². The Hall–Kier alpha value is -3.57. The highest BCUT2D eigenvalue weighted by molar-refractivity contribution is 7.89. The van der Waals surface area contributed by atoms with Crippen LogP contribution in [-0.4, -0.2) is 44.0 Å². The Morgan fingerprint density at radius 1 is 1.14 bits per heavy atom. The summed E-state index contributed by atoms with van der Waals surface area (Å²) in [6.45, 7) is 3.67. The lowest BCUT2D eigenvalue weighted by Gasteiger charge is -2.30. The van der Waals surface area contributed by atoms with Gasteiger partial charge in [0, 0.05) is 30.6 Å². The first-order valence-corrected chi connectivity index (χ1v) is 13.1. The van der Waals surface area contributed by atoms with Crippen molar-refractivity contribution < 1.29 is 31.3 Å². The van der Waals surface area contributed by atoms with Crippen LogP contribution >= 0.6 is 0 Å². The van der Waals surface area contributed by atoms with Gasteiger partial charge in [0.1, 0.15) is 23.1 Å². The van der Waals surface area contributed by atoms with E-state index >= 15 is 0 Å². The number of methoxy groups -OCH3 is 1. The van der Waals surface area contributed by atoms with Gasteiger partial charge >= 0.3 is 0 Å². The minimum Gasteiger partial charge on any atom is -0.495 e. The van der Waals surface area contributed by atoms with Crippen molar-refractivity contribution >= 4 is 33.8 Å². The van der Waals surface area contributed by atoms with Gasteiger partial charge in [-0.05, 0) is 68.7 Å². The van der Waals surface area contributed by atoms with Crippen LogP contribution < -0.4 is 10.1 Å². The summed E-state index contributed by atoms with van der Waals surface area (Å²) in [6.07, 6.45) is 3.24. The second kappa shape index (κ2) is 10.8. The molecule has 0 saturated carbocycles. The number of aromatic nitrogens is 1. The Balaban J connectivity index is 1.47. The van der Waals surface area contributed by atoms with Crippen LogP contribution in [-0.2, 0) is 14.8 Å². The predicted molar refractivity (Wildman–Crippen MR) is 134 cm³/mol. The Morgan fingerprint density at radius 2 is 1.86 bits per heavy atom. The van der Waals surface area contributed by atoms with Crippen molar-refractivity contribution in [2.24, 2.45) is 5.92 Å². The zero-order valence-electron chi connectivity index (χ0n) is 20.6. The van der Waals surface area contributed by atoms with Crippen LogP contribution in [0, 0.1) is 31.4 Å². The number of halogens is 2. The average molecular weight is 532 g/mol. The van der Waals surface area contributed by atoms with Crippen molar-refractivity contribution in [1.82, 2.24) is 9.46 Å². The van der Waals surface area contributed by atoms with Crippen molar-refractivity contribution in [2.75, 3.05) is 25.5 Å². The van der Waals surface area contributed by atoms with Gasteiger partial charge in [0.15, 0.2) is 10.7 Å². The molecule has 0 atom stereocenters. The number of sulfonamides is 1. The van der Waals surface area contributed by atoms with Gasteiger partial charge in [-0.1, -0.05) is 11.2 Å². The Kier molecular flexibility index (Phi) is 7.74. The number of nitrogens with zero attached hydrogens (tertiary/aromatic N) is 2. The van der Waals surface area contributed by atoms with Crippen LogP contribution in [0.5, 0.6) is 5.75 Å². The topological polar surface area (TPSA) is 102 Å². The molecule has 4 rings (SSSR count). The van der Waals surface area contributed by atoms with Gasteiger partial charge in [-0.15, -0.1) is 0 Å². The molecule has 1 N–H and O–H groups in total. The van der Waals surface area contributed by atoms with Crippen LogP contribution in [0.15, 0.2) is 45.8 Å². The molecule has 0 bridgehead atoms. The fraction of sp³-hybridized carbons (Fsp3) is 0.308. The van der Waals surface area contributed by atoms with Crippen molar-refractivity contribution in [3.05, 3.63) is 70.6 Å². The number of rotatable bonds is 7. The first-order valence-electron chi connectivity index (χ1n) is 11.6. The molecule has 0 radical (unpaired) electrons. The maximum absolute atomic E-state index is 14.0. The number of carbonyl (C=O) groups is 1. The lowest BCUT2D eigenvalue weighted by atomic mass is 9.97. The number of hydrogen-bond acceptors (Lipinski definition) is 6. The number of ether oxygens (including phenoxy) is 1. The highest BCUT2D eigenvalue weighted by atomic mass is 32.2. The number of amides is 1. The molecule has 1 amide bonds. The molecule has 0 aliphatic carbocycles. The van der Waals surface area contributed by atoms with Gasteiger partial charge in [0.05, 0.1) is 12.8 Å². The number of piperidine rings is 1. The summed E-state index contributed by atoms with van der Waals surface area (Å²) < 4.78 is 65.9. The maximum Gasteiger partial charge on any atom is 0.248 e. The molecule has 8 nitrogen and oxygen atoms in total. The SMILES string of the molecule is COc1ccc(C)cc1NC(=O)C1CCN(S(=O)(=O)c2c(C)noc2C=Cc2ccc(F)cc2F)CC1. The second-order valence-corrected chi connectivity index (χ2v) is 10.7. The predicted octanol–water partition coefficient (Wildman–Crippen LogP) is 4.79. The van der Waals surface area contributed by atoms with Crippen LogP contribution in [0.4, 0.5) is 14.5 Å². The van der Waals surface area contributed by atoms with E-state index in [0.717, 1.165) is 17.7 Å². The Bertz CT molecular complexity index is 1440. The molecule has 1 aromatic heterocycles. The molecule has 11 heteroatoms. The molecule has 1 aliphatic rings. The molecular formula is C26H27F2N3O5S. The Morgan fingerprint density at radius 3 is 2.54 bits per heavy atom. The largest absolute Gasteiger partial charge is 0.495 e. The van der Waals surface area contributed by atoms with Crippen molar-refractivity contribution in [3.8, 4) is 5.75 Å². The number of anilines is 1. The first-order chi connectivity index (χ1) is 17.6. The van der Waals surface area contributed by atoms with Crippen molar-refractivity contribution in [1.29, 1.82) is 0 Å². The van der Waals surface area contributed by atoms with Gasteiger partial charge in [0.2, 0.25) is 15.9 Å². The van der Waals surface area contributed by atoms with Gasteiger partial charge in [-0.2, -0.15) is 4.31 Å². The van der Waals surface area contributed by atoms with E-state index in [1.807, 2.05) is 19.1 Å². The number of aryl methyl sites for hydroxylation is 2. The quantitative estimate of drug-likeness (QED) is 0.471. The Labute approximate surface area is 214 Å². The number of hydrogen-bond donors (Lipinski definition) is 1. The normalized spacial score (nSPS) is 15.3. The van der Waals surface area contributed by atoms with E-state index < -0.39 is 21.7 Å². The molecule has 1 saturated heterocycles. The summed E-state index contributed by atoms with van der Waals surface area (Å²) in [5.41, 5.74) is 1.76. The zero-order chi connectivity index (χ0) is 26.7. The minimum atomic E-state index is -4.01. The minimum absolute atomic E-state index is 0.0624. The molecular weight excluding hydrogens is 504 g/mol. The average Bonchev–Trinajstić information content (AvgIpc) is 3.24. The van der Waals surface area contributed by atoms with E-state index in [2.05, 4.69) is 10.5 Å². The number of carbonyl (C=O) groups excluding carboxylic acids is 1. The van der Waals surface area contributed by atoms with E-state index in [1.54, 1.807) is 6.07 Å². The van der Waals surface area contributed by atoms with Crippen LogP contribution in [0.25, 0.3) is 12.2 Å². The molecule has 2 aromatic carbocycles. The van der Waals surface area contributed by atoms with Gasteiger partial charge in [-0.3, -0.25) is 4.79 Å². The highest BCUT2D eigenvalue weighted by Crippen LogP contribution is 2.31. The van der Waals surface area contributed by atoms with E-state index in [0.29, 0.717) is 24.3 Å². The van der Waals surface area contributed by atoms with E-state index in [9.17, 15) is 22.0 Å². The summed E-state index contributed by atoms with van der Waals surface area (Å²) in [7, 11) is -2.48.